The molecule has 110 valence electrons. The first-order chi connectivity index (χ1) is 9.41. The molecule has 5 heteroatoms. The molecule has 2 rings (SSSR count). The molecule has 0 unspecified atom stereocenters. The van der Waals surface area contributed by atoms with E-state index in [-0.39, 0.29) is 0 Å². The lowest BCUT2D eigenvalue weighted by molar-refractivity contribution is 0.127. The van der Waals surface area contributed by atoms with Gasteiger partial charge in [0.25, 0.3) is 0 Å². The van der Waals surface area contributed by atoms with E-state index in [1.165, 1.54) is 20.0 Å². The molecule has 2 N–H and O–H groups in total. The lowest BCUT2D eigenvalue weighted by Gasteiger charge is -2.37. The van der Waals surface area contributed by atoms with Crippen LogP contribution in [0.1, 0.15) is 32.3 Å². The van der Waals surface area contributed by atoms with E-state index in [1.54, 1.807) is 6.07 Å². The molecule has 0 amide bonds. The van der Waals surface area contributed by atoms with Crippen molar-refractivity contribution in [1.29, 1.82) is 0 Å². The van der Waals surface area contributed by atoms with Gasteiger partial charge in [-0.15, -0.1) is 0 Å². The first kappa shape index (κ1) is 15.4. The third-order valence-corrected chi connectivity index (χ3v) is 4.19. The second-order valence-electron chi connectivity index (χ2n) is 6.39. The van der Waals surface area contributed by atoms with Crippen LogP contribution < -0.4 is 10.2 Å². The highest BCUT2D eigenvalue weighted by atomic mass is 16.5. The van der Waals surface area contributed by atoms with Gasteiger partial charge in [-0.05, 0) is 43.0 Å². The van der Waals surface area contributed by atoms with Crippen LogP contribution in [0.3, 0.4) is 0 Å². The van der Waals surface area contributed by atoms with Gasteiger partial charge in [0.15, 0.2) is 0 Å². The Morgan fingerprint density at radius 3 is 2.45 bits per heavy atom. The van der Waals surface area contributed by atoms with Crippen LogP contribution in [0.25, 0.3) is 0 Å². The minimum absolute atomic E-state index is 0.433. The van der Waals surface area contributed by atoms with Crippen LogP contribution in [-0.4, -0.2) is 42.3 Å². The van der Waals surface area contributed by atoms with Crippen LogP contribution in [0.2, 0.25) is 0 Å². The van der Waals surface area contributed by atoms with E-state index in [9.17, 15) is 10.0 Å². The minimum Gasteiger partial charge on any atom is -0.497 e. The van der Waals surface area contributed by atoms with Gasteiger partial charge in [0.1, 0.15) is 5.75 Å². The Labute approximate surface area is 121 Å². The molecule has 1 heterocycles. The molecule has 0 radical (unpaired) electrons. The standard InChI is InChI=1S/C15H24BNO3/c1-15(2)6-8-17(9-7-15)11-12-4-5-14(20-3)13(10-12)16(18)19/h4-5,10,18-19H,6-9,11H2,1-3H3. The summed E-state index contributed by atoms with van der Waals surface area (Å²) in [7, 11) is 0.0401. The van der Waals surface area contributed by atoms with Crippen molar-refractivity contribution < 1.29 is 14.8 Å². The van der Waals surface area contributed by atoms with E-state index in [0.29, 0.717) is 16.6 Å². The van der Waals surface area contributed by atoms with E-state index in [4.69, 9.17) is 4.74 Å². The van der Waals surface area contributed by atoms with Crippen molar-refractivity contribution in [3.8, 4) is 5.75 Å². The van der Waals surface area contributed by atoms with Crippen molar-refractivity contribution in [2.24, 2.45) is 5.41 Å². The molecule has 1 aromatic carbocycles. The van der Waals surface area contributed by atoms with Gasteiger partial charge >= 0.3 is 7.12 Å². The van der Waals surface area contributed by atoms with Crippen LogP contribution in [0.15, 0.2) is 18.2 Å². The molecule has 0 aromatic heterocycles. The predicted octanol–water partition coefficient (Wildman–Crippen LogP) is 0.997. The molecule has 1 aliphatic heterocycles. The van der Waals surface area contributed by atoms with Crippen molar-refractivity contribution >= 4 is 12.6 Å². The Morgan fingerprint density at radius 2 is 1.90 bits per heavy atom. The molecular weight excluding hydrogens is 253 g/mol. The maximum atomic E-state index is 9.40. The summed E-state index contributed by atoms with van der Waals surface area (Å²) < 4.78 is 5.15. The average Bonchev–Trinajstić information content (AvgIpc) is 2.41. The van der Waals surface area contributed by atoms with Crippen LogP contribution in [0, 0.1) is 5.41 Å². The summed E-state index contributed by atoms with van der Waals surface area (Å²) in [5.41, 5.74) is 1.97. The molecule has 1 aliphatic rings. The fourth-order valence-electron chi connectivity index (χ4n) is 2.66. The molecule has 0 aliphatic carbocycles. The summed E-state index contributed by atoms with van der Waals surface area (Å²) in [4.78, 5) is 2.42. The van der Waals surface area contributed by atoms with E-state index >= 15 is 0 Å². The first-order valence-corrected chi connectivity index (χ1v) is 7.16. The number of rotatable bonds is 4. The van der Waals surface area contributed by atoms with Crippen LogP contribution in [0.5, 0.6) is 5.75 Å². The molecule has 0 bridgehead atoms. The van der Waals surface area contributed by atoms with Gasteiger partial charge in [0.05, 0.1) is 7.11 Å². The number of benzene rings is 1. The number of likely N-dealkylation sites (tertiary alicyclic amines) is 1. The monoisotopic (exact) mass is 277 g/mol. The summed E-state index contributed by atoms with van der Waals surface area (Å²) >= 11 is 0. The molecule has 20 heavy (non-hydrogen) atoms. The fourth-order valence-corrected chi connectivity index (χ4v) is 2.66. The molecular formula is C15H24BNO3. The fraction of sp³-hybridized carbons (Fsp3) is 0.600. The van der Waals surface area contributed by atoms with Crippen molar-refractivity contribution in [2.45, 2.75) is 33.2 Å². The van der Waals surface area contributed by atoms with E-state index in [2.05, 4.69) is 18.7 Å². The number of ether oxygens (including phenoxy) is 1. The number of hydrogen-bond acceptors (Lipinski definition) is 4. The average molecular weight is 277 g/mol. The summed E-state index contributed by atoms with van der Waals surface area (Å²) in [6, 6.07) is 5.62. The molecule has 0 spiro atoms. The lowest BCUT2D eigenvalue weighted by atomic mass is 9.78. The Morgan fingerprint density at radius 1 is 1.25 bits per heavy atom. The zero-order valence-electron chi connectivity index (χ0n) is 12.6. The normalized spacial score (nSPS) is 18.9. The SMILES string of the molecule is COc1ccc(CN2CCC(C)(C)CC2)cc1B(O)O. The maximum absolute atomic E-state index is 9.40. The van der Waals surface area contributed by atoms with Crippen LogP contribution in [0.4, 0.5) is 0 Å². The van der Waals surface area contributed by atoms with Gasteiger partial charge in [-0.2, -0.15) is 0 Å². The lowest BCUT2D eigenvalue weighted by Crippen LogP contribution is -2.37. The van der Waals surface area contributed by atoms with E-state index < -0.39 is 7.12 Å². The van der Waals surface area contributed by atoms with E-state index in [0.717, 1.165) is 25.2 Å². The molecule has 0 atom stereocenters. The second-order valence-corrected chi connectivity index (χ2v) is 6.39. The Hall–Kier alpha value is -1.04. The van der Waals surface area contributed by atoms with Crippen molar-refractivity contribution in [3.05, 3.63) is 23.8 Å². The van der Waals surface area contributed by atoms with Gasteiger partial charge in [-0.25, -0.2) is 0 Å². The van der Waals surface area contributed by atoms with Gasteiger partial charge in [-0.1, -0.05) is 26.0 Å². The van der Waals surface area contributed by atoms with Gasteiger partial charge in [-0.3, -0.25) is 4.90 Å². The largest absolute Gasteiger partial charge is 0.497 e. The maximum Gasteiger partial charge on any atom is 0.492 e. The highest BCUT2D eigenvalue weighted by molar-refractivity contribution is 6.59. The number of hydrogen-bond donors (Lipinski definition) is 2. The summed E-state index contributed by atoms with van der Waals surface area (Å²) in [5, 5.41) is 18.8. The van der Waals surface area contributed by atoms with E-state index in [1.807, 2.05) is 12.1 Å². The zero-order chi connectivity index (χ0) is 14.8. The third kappa shape index (κ3) is 3.75. The van der Waals surface area contributed by atoms with Crippen molar-refractivity contribution in [2.75, 3.05) is 20.2 Å². The topological polar surface area (TPSA) is 52.9 Å². The Balaban J connectivity index is 2.05. The van der Waals surface area contributed by atoms with Crippen LogP contribution >= 0.6 is 0 Å². The summed E-state index contributed by atoms with van der Waals surface area (Å²) in [6.45, 7) is 7.67. The van der Waals surface area contributed by atoms with Gasteiger partial charge < -0.3 is 14.8 Å². The summed E-state index contributed by atoms with van der Waals surface area (Å²) in [5.74, 6) is 0.517. The zero-order valence-corrected chi connectivity index (χ0v) is 12.6. The number of methoxy groups -OCH3 is 1. The summed E-state index contributed by atoms with van der Waals surface area (Å²) in [6.07, 6.45) is 2.41. The number of piperidine rings is 1. The molecule has 1 aromatic rings. The Bertz CT molecular complexity index is 452. The smallest absolute Gasteiger partial charge is 0.492 e. The molecule has 4 nitrogen and oxygen atoms in total. The second kappa shape index (κ2) is 6.16. The first-order valence-electron chi connectivity index (χ1n) is 7.16. The highest BCUT2D eigenvalue weighted by Crippen LogP contribution is 2.30. The third-order valence-electron chi connectivity index (χ3n) is 4.19. The molecule has 0 saturated carbocycles. The minimum atomic E-state index is -1.50. The quantitative estimate of drug-likeness (QED) is 0.806. The molecule has 1 fully saturated rings. The highest BCUT2D eigenvalue weighted by Gasteiger charge is 2.25. The van der Waals surface area contributed by atoms with Crippen molar-refractivity contribution in [1.82, 2.24) is 4.90 Å². The predicted molar refractivity (Wildman–Crippen MR) is 81.1 cm³/mol. The molecule has 1 saturated heterocycles. The number of nitrogens with zero attached hydrogens (tertiary/aromatic N) is 1. The Kier molecular flexibility index (Phi) is 4.73. The van der Waals surface area contributed by atoms with Crippen LogP contribution in [-0.2, 0) is 6.54 Å². The van der Waals surface area contributed by atoms with Gasteiger partial charge in [0, 0.05) is 12.0 Å². The van der Waals surface area contributed by atoms with Gasteiger partial charge in [0.2, 0.25) is 0 Å². The van der Waals surface area contributed by atoms with Crippen molar-refractivity contribution in [3.63, 3.8) is 0 Å².